The second kappa shape index (κ2) is 1.75. The van der Waals surface area contributed by atoms with Crippen molar-refractivity contribution in [2.75, 3.05) is 12.8 Å². The van der Waals surface area contributed by atoms with Gasteiger partial charge in [0.05, 0.1) is 12.8 Å². The standard InChI is InChI=1S/C2H4ClO3P/c3-7(4)2-1-5-6-7/h1-2H2. The number of hydrogen-bond donors (Lipinski definition) is 0. The van der Waals surface area contributed by atoms with E-state index in [1.165, 1.54) is 0 Å². The first-order valence-electron chi connectivity index (χ1n) is 1.81. The zero-order valence-corrected chi connectivity index (χ0v) is 5.11. The maximum absolute atomic E-state index is 10.4. The normalized spacial score (nSPS) is 41.9. The molecule has 1 fully saturated rings. The van der Waals surface area contributed by atoms with Gasteiger partial charge >= 0.3 is 6.72 Å². The Balaban J connectivity index is 2.57. The summed E-state index contributed by atoms with van der Waals surface area (Å²) in [6.07, 6.45) is 0.328. The Kier molecular flexibility index (Phi) is 1.39. The van der Waals surface area contributed by atoms with Crippen molar-refractivity contribution in [1.29, 1.82) is 0 Å². The van der Waals surface area contributed by atoms with Crippen LogP contribution in [-0.4, -0.2) is 12.8 Å². The van der Waals surface area contributed by atoms with Crippen LogP contribution < -0.4 is 0 Å². The van der Waals surface area contributed by atoms with Crippen LogP contribution in [-0.2, 0) is 14.1 Å². The molecule has 5 heteroatoms. The van der Waals surface area contributed by atoms with Crippen molar-refractivity contribution in [3.8, 4) is 0 Å². The first-order valence-corrected chi connectivity index (χ1v) is 4.52. The highest BCUT2D eigenvalue weighted by Gasteiger charge is 2.26. The Morgan fingerprint density at radius 3 is 2.57 bits per heavy atom. The Morgan fingerprint density at radius 1 is 1.71 bits per heavy atom. The molecule has 0 aliphatic carbocycles. The number of halogens is 1. The summed E-state index contributed by atoms with van der Waals surface area (Å²) < 4.78 is 14.6. The van der Waals surface area contributed by atoms with Crippen LogP contribution in [0.5, 0.6) is 0 Å². The average molecular weight is 142 g/mol. The number of hydrogen-bond acceptors (Lipinski definition) is 3. The van der Waals surface area contributed by atoms with Crippen molar-refractivity contribution in [3.63, 3.8) is 0 Å². The van der Waals surface area contributed by atoms with Crippen LogP contribution in [0.15, 0.2) is 0 Å². The first kappa shape index (κ1) is 5.57. The molecule has 1 atom stereocenters. The minimum atomic E-state index is -2.79. The van der Waals surface area contributed by atoms with Gasteiger partial charge in [0.25, 0.3) is 0 Å². The fraction of sp³-hybridized carbons (Fsp3) is 1.00. The lowest BCUT2D eigenvalue weighted by molar-refractivity contribution is -0.177. The largest absolute Gasteiger partial charge is 0.321 e. The molecular formula is C2H4ClO3P. The van der Waals surface area contributed by atoms with E-state index in [9.17, 15) is 4.57 Å². The molecule has 0 bridgehead atoms. The maximum atomic E-state index is 10.4. The van der Waals surface area contributed by atoms with Crippen LogP contribution in [0.4, 0.5) is 0 Å². The maximum Gasteiger partial charge on any atom is 0.321 e. The molecule has 1 aliphatic rings. The lowest BCUT2D eigenvalue weighted by Crippen LogP contribution is -1.77. The molecule has 42 valence electrons. The molecule has 1 heterocycles. The smallest absolute Gasteiger partial charge is 0.272 e. The van der Waals surface area contributed by atoms with Gasteiger partial charge in [-0.25, -0.2) is 4.89 Å². The summed E-state index contributed by atoms with van der Waals surface area (Å²) in [5.41, 5.74) is 0. The summed E-state index contributed by atoms with van der Waals surface area (Å²) in [4.78, 5) is 4.26. The van der Waals surface area contributed by atoms with E-state index in [1.807, 2.05) is 0 Å². The van der Waals surface area contributed by atoms with Gasteiger partial charge in [-0.1, -0.05) is 0 Å². The fourth-order valence-corrected chi connectivity index (χ4v) is 1.23. The molecule has 0 amide bonds. The van der Waals surface area contributed by atoms with Gasteiger partial charge in [0, 0.05) is 0 Å². The third-order valence-electron chi connectivity index (χ3n) is 0.606. The Morgan fingerprint density at radius 2 is 2.43 bits per heavy atom. The predicted octanol–water partition coefficient (Wildman–Crippen LogP) is 1.38. The fourth-order valence-electron chi connectivity index (χ4n) is 0.300. The van der Waals surface area contributed by atoms with E-state index in [-0.39, 0.29) is 0 Å². The number of rotatable bonds is 0. The SMILES string of the molecule is O=P1(Cl)CCOO1. The van der Waals surface area contributed by atoms with Gasteiger partial charge in [0.15, 0.2) is 0 Å². The summed E-state index contributed by atoms with van der Waals surface area (Å²) in [5, 5.41) is 0. The van der Waals surface area contributed by atoms with Crippen LogP contribution in [0, 0.1) is 0 Å². The first-order chi connectivity index (χ1) is 3.21. The van der Waals surface area contributed by atoms with Gasteiger partial charge in [-0.3, -0.25) is 4.57 Å². The summed E-state index contributed by atoms with van der Waals surface area (Å²) in [5.74, 6) is 0. The highest BCUT2D eigenvalue weighted by Crippen LogP contribution is 2.55. The summed E-state index contributed by atoms with van der Waals surface area (Å²) in [7, 11) is 0. The van der Waals surface area contributed by atoms with E-state index in [2.05, 4.69) is 9.56 Å². The molecule has 0 saturated carbocycles. The van der Waals surface area contributed by atoms with Crippen molar-refractivity contribution in [1.82, 2.24) is 0 Å². The minimum Gasteiger partial charge on any atom is -0.272 e. The average Bonchev–Trinajstić information content (AvgIpc) is 1.84. The van der Waals surface area contributed by atoms with Crippen LogP contribution >= 0.6 is 18.0 Å². The molecule has 1 unspecified atom stereocenters. The van der Waals surface area contributed by atoms with Crippen molar-refractivity contribution in [3.05, 3.63) is 0 Å². The van der Waals surface area contributed by atoms with Gasteiger partial charge in [0.2, 0.25) is 0 Å². The highest BCUT2D eigenvalue weighted by atomic mass is 35.7. The van der Waals surface area contributed by atoms with Crippen LogP contribution in [0.2, 0.25) is 0 Å². The van der Waals surface area contributed by atoms with Crippen molar-refractivity contribution in [2.24, 2.45) is 0 Å². The van der Waals surface area contributed by atoms with Crippen LogP contribution in [0.1, 0.15) is 0 Å². The zero-order valence-electron chi connectivity index (χ0n) is 3.46. The predicted molar refractivity (Wildman–Crippen MR) is 25.4 cm³/mol. The molecule has 0 aromatic carbocycles. The molecule has 0 aromatic heterocycles. The topological polar surface area (TPSA) is 35.5 Å². The van der Waals surface area contributed by atoms with Crippen molar-refractivity contribution < 1.29 is 14.1 Å². The van der Waals surface area contributed by atoms with Crippen LogP contribution in [0.25, 0.3) is 0 Å². The third kappa shape index (κ3) is 1.42. The Hall–Kier alpha value is 0.440. The van der Waals surface area contributed by atoms with Gasteiger partial charge in [-0.05, 0) is 11.2 Å². The van der Waals surface area contributed by atoms with E-state index in [4.69, 9.17) is 11.2 Å². The minimum absolute atomic E-state index is 0.328. The van der Waals surface area contributed by atoms with E-state index in [0.717, 1.165) is 0 Å². The zero-order chi connectivity index (χ0) is 5.33. The van der Waals surface area contributed by atoms with Gasteiger partial charge in [-0.15, -0.1) is 0 Å². The van der Waals surface area contributed by atoms with E-state index in [0.29, 0.717) is 12.8 Å². The summed E-state index contributed by atoms with van der Waals surface area (Å²) in [6, 6.07) is 0. The van der Waals surface area contributed by atoms with Crippen molar-refractivity contribution in [2.45, 2.75) is 0 Å². The molecule has 1 rings (SSSR count). The van der Waals surface area contributed by atoms with Gasteiger partial charge in [0.1, 0.15) is 0 Å². The van der Waals surface area contributed by atoms with Gasteiger partial charge in [-0.2, -0.15) is 4.67 Å². The molecule has 0 spiro atoms. The summed E-state index contributed by atoms with van der Waals surface area (Å²) >= 11 is 5.18. The molecular weight excluding hydrogens is 138 g/mol. The summed E-state index contributed by atoms with van der Waals surface area (Å²) in [6.45, 7) is -2.45. The molecule has 7 heavy (non-hydrogen) atoms. The second-order valence-corrected chi connectivity index (χ2v) is 4.53. The lowest BCUT2D eigenvalue weighted by Gasteiger charge is -1.90. The van der Waals surface area contributed by atoms with Gasteiger partial charge < -0.3 is 0 Å². The Labute approximate surface area is 45.7 Å². The molecule has 3 nitrogen and oxygen atoms in total. The quantitative estimate of drug-likeness (QED) is 0.379. The second-order valence-electron chi connectivity index (χ2n) is 1.21. The molecule has 0 radical (unpaired) electrons. The molecule has 1 aliphatic heterocycles. The van der Waals surface area contributed by atoms with E-state index in [1.54, 1.807) is 0 Å². The van der Waals surface area contributed by atoms with E-state index >= 15 is 0 Å². The molecule has 0 aromatic rings. The van der Waals surface area contributed by atoms with E-state index < -0.39 is 6.72 Å². The molecule has 0 N–H and O–H groups in total. The Bertz CT molecular complexity index is 104. The van der Waals surface area contributed by atoms with Crippen molar-refractivity contribution >= 4 is 18.0 Å². The highest BCUT2D eigenvalue weighted by molar-refractivity contribution is 7.85. The lowest BCUT2D eigenvalue weighted by atomic mass is 10.9. The molecule has 1 saturated heterocycles. The third-order valence-corrected chi connectivity index (χ3v) is 2.33. The monoisotopic (exact) mass is 142 g/mol. The van der Waals surface area contributed by atoms with Crippen LogP contribution in [0.3, 0.4) is 0 Å².